The number of para-hydroxylation sites is 1. The second-order valence-electron chi connectivity index (χ2n) is 6.66. The average Bonchev–Trinajstić information content (AvgIpc) is 2.65. The van der Waals surface area contributed by atoms with Crippen LogP contribution in [0.5, 0.6) is 0 Å². The van der Waals surface area contributed by atoms with Crippen LogP contribution in [0.15, 0.2) is 42.5 Å². The molecule has 1 aromatic heterocycles. The number of benzene rings is 1. The van der Waals surface area contributed by atoms with Crippen LogP contribution in [-0.2, 0) is 0 Å². The van der Waals surface area contributed by atoms with E-state index in [4.69, 9.17) is 0 Å². The zero-order valence-corrected chi connectivity index (χ0v) is 15.2. The highest BCUT2D eigenvalue weighted by atomic mass is 16.3. The minimum absolute atomic E-state index is 0.166. The maximum absolute atomic E-state index is 12.3. The van der Waals surface area contributed by atoms with Gasteiger partial charge in [-0.25, -0.2) is 0 Å². The van der Waals surface area contributed by atoms with Gasteiger partial charge < -0.3 is 15.3 Å². The lowest BCUT2D eigenvalue weighted by atomic mass is 10.1. The fraction of sp³-hybridized carbons (Fsp3) is 0.421. The molecule has 0 saturated carbocycles. The van der Waals surface area contributed by atoms with Crippen LogP contribution in [0.4, 0.5) is 11.5 Å². The van der Waals surface area contributed by atoms with Gasteiger partial charge in [0.15, 0.2) is 11.5 Å². The molecule has 7 heteroatoms. The quantitative estimate of drug-likeness (QED) is 0.848. The maximum Gasteiger partial charge on any atom is 0.276 e. The van der Waals surface area contributed by atoms with Crippen LogP contribution in [0.1, 0.15) is 24.3 Å². The molecule has 0 aliphatic carbocycles. The largest absolute Gasteiger partial charge is 0.395 e. The summed E-state index contributed by atoms with van der Waals surface area (Å²) in [5.41, 5.74) is 1.02. The zero-order valence-electron chi connectivity index (χ0n) is 15.2. The van der Waals surface area contributed by atoms with Gasteiger partial charge in [0, 0.05) is 37.4 Å². The molecule has 2 aromatic rings. The molecule has 2 heterocycles. The van der Waals surface area contributed by atoms with Crippen LogP contribution in [-0.4, -0.2) is 64.4 Å². The van der Waals surface area contributed by atoms with E-state index in [2.05, 4.69) is 39.2 Å². The molecule has 1 aliphatic rings. The lowest BCUT2D eigenvalue weighted by Gasteiger charge is -2.44. The third-order valence-corrected chi connectivity index (χ3v) is 4.70. The van der Waals surface area contributed by atoms with Crippen LogP contribution in [0.3, 0.4) is 0 Å². The summed E-state index contributed by atoms with van der Waals surface area (Å²) < 4.78 is 0. The number of aliphatic hydroxyl groups is 1. The lowest BCUT2D eigenvalue weighted by Crippen LogP contribution is -2.57. The summed E-state index contributed by atoms with van der Waals surface area (Å²) in [7, 11) is 0. The molecule has 1 aliphatic heterocycles. The number of anilines is 2. The molecule has 1 fully saturated rings. The zero-order chi connectivity index (χ0) is 18.5. The van der Waals surface area contributed by atoms with Crippen LogP contribution in [0, 0.1) is 0 Å². The molecule has 138 valence electrons. The molecule has 3 rings (SSSR count). The summed E-state index contributed by atoms with van der Waals surface area (Å²) in [5.74, 6) is 0.494. The lowest BCUT2D eigenvalue weighted by molar-refractivity contribution is 0.101. The first-order valence-corrected chi connectivity index (χ1v) is 8.90. The summed E-state index contributed by atoms with van der Waals surface area (Å²) >= 11 is 0. The van der Waals surface area contributed by atoms with Crippen LogP contribution in [0.2, 0.25) is 0 Å². The van der Waals surface area contributed by atoms with Crippen molar-refractivity contribution in [3.05, 3.63) is 48.2 Å². The van der Waals surface area contributed by atoms with Crippen LogP contribution in [0.25, 0.3) is 0 Å². The number of rotatable bonds is 5. The van der Waals surface area contributed by atoms with Crippen molar-refractivity contribution in [3.63, 3.8) is 0 Å². The fourth-order valence-electron chi connectivity index (χ4n) is 3.43. The third kappa shape index (κ3) is 4.17. The highest BCUT2D eigenvalue weighted by Crippen LogP contribution is 2.20. The van der Waals surface area contributed by atoms with Crippen molar-refractivity contribution in [1.29, 1.82) is 0 Å². The Labute approximate surface area is 153 Å². The Morgan fingerprint density at radius 2 is 1.81 bits per heavy atom. The Hall–Kier alpha value is -2.51. The van der Waals surface area contributed by atoms with Gasteiger partial charge in [0.2, 0.25) is 0 Å². The first kappa shape index (κ1) is 18.3. The SMILES string of the molecule is C[C@@H]1CN(c2ccc(C(=O)Nc3ccccc3)nn2)C[C@H](C)N1CCO. The van der Waals surface area contributed by atoms with E-state index in [1.54, 1.807) is 6.07 Å². The minimum Gasteiger partial charge on any atom is -0.395 e. The first-order valence-electron chi connectivity index (χ1n) is 8.90. The molecular formula is C19H25N5O2. The predicted molar refractivity (Wildman–Crippen MR) is 101 cm³/mol. The van der Waals surface area contributed by atoms with Crippen molar-refractivity contribution in [3.8, 4) is 0 Å². The van der Waals surface area contributed by atoms with Crippen molar-refractivity contribution in [2.24, 2.45) is 0 Å². The van der Waals surface area contributed by atoms with Gasteiger partial charge in [-0.15, -0.1) is 10.2 Å². The minimum atomic E-state index is -0.273. The number of hydrogen-bond acceptors (Lipinski definition) is 6. The maximum atomic E-state index is 12.3. The third-order valence-electron chi connectivity index (χ3n) is 4.70. The highest BCUT2D eigenvalue weighted by Gasteiger charge is 2.29. The first-order chi connectivity index (χ1) is 12.6. The molecule has 0 bridgehead atoms. The van der Waals surface area contributed by atoms with Crippen molar-refractivity contribution >= 4 is 17.4 Å². The van der Waals surface area contributed by atoms with Crippen molar-refractivity contribution < 1.29 is 9.90 Å². The highest BCUT2D eigenvalue weighted by molar-refractivity contribution is 6.02. The van der Waals surface area contributed by atoms with Gasteiger partial charge in [-0.2, -0.15) is 0 Å². The molecule has 1 saturated heterocycles. The fourth-order valence-corrected chi connectivity index (χ4v) is 3.43. The van der Waals surface area contributed by atoms with Gasteiger partial charge >= 0.3 is 0 Å². The summed E-state index contributed by atoms with van der Waals surface area (Å²) in [4.78, 5) is 16.7. The molecule has 1 amide bonds. The van der Waals surface area contributed by atoms with E-state index < -0.39 is 0 Å². The van der Waals surface area contributed by atoms with E-state index in [-0.39, 0.29) is 18.2 Å². The van der Waals surface area contributed by atoms with Gasteiger partial charge in [0.1, 0.15) is 0 Å². The molecule has 2 atom stereocenters. The number of amides is 1. The van der Waals surface area contributed by atoms with E-state index in [9.17, 15) is 9.90 Å². The van der Waals surface area contributed by atoms with Gasteiger partial charge in [-0.1, -0.05) is 18.2 Å². The summed E-state index contributed by atoms with van der Waals surface area (Å²) in [6, 6.07) is 13.5. The van der Waals surface area contributed by atoms with Crippen molar-refractivity contribution in [1.82, 2.24) is 15.1 Å². The van der Waals surface area contributed by atoms with Gasteiger partial charge in [-0.3, -0.25) is 9.69 Å². The molecule has 0 unspecified atom stereocenters. The van der Waals surface area contributed by atoms with Crippen molar-refractivity contribution in [2.75, 3.05) is 36.5 Å². The number of aliphatic hydroxyl groups excluding tert-OH is 1. The summed E-state index contributed by atoms with van der Waals surface area (Å²) in [6.07, 6.45) is 0. The monoisotopic (exact) mass is 355 g/mol. The number of hydrogen-bond donors (Lipinski definition) is 2. The smallest absolute Gasteiger partial charge is 0.276 e. The van der Waals surface area contributed by atoms with Gasteiger partial charge in [0.25, 0.3) is 5.91 Å². The van der Waals surface area contributed by atoms with E-state index in [0.29, 0.717) is 18.6 Å². The molecule has 1 aromatic carbocycles. The molecule has 7 nitrogen and oxygen atoms in total. The number of β-amino-alcohol motifs (C(OH)–C–C–N with tert-alkyl or cyclic N) is 1. The van der Waals surface area contributed by atoms with Gasteiger partial charge in [0.05, 0.1) is 6.61 Å². The Balaban J connectivity index is 1.65. The van der Waals surface area contributed by atoms with Crippen LogP contribution >= 0.6 is 0 Å². The number of nitrogens with zero attached hydrogens (tertiary/aromatic N) is 4. The van der Waals surface area contributed by atoms with Crippen molar-refractivity contribution in [2.45, 2.75) is 25.9 Å². The Morgan fingerprint density at radius 1 is 1.12 bits per heavy atom. The van der Waals surface area contributed by atoms with Gasteiger partial charge in [-0.05, 0) is 38.1 Å². The molecule has 2 N–H and O–H groups in total. The number of piperazine rings is 1. The average molecular weight is 355 g/mol. The number of carbonyl (C=O) groups excluding carboxylic acids is 1. The Bertz CT molecular complexity index is 710. The van der Waals surface area contributed by atoms with E-state index in [1.165, 1.54) is 0 Å². The molecule has 0 spiro atoms. The number of nitrogens with one attached hydrogen (secondary N) is 1. The number of carbonyl (C=O) groups is 1. The standard InChI is InChI=1S/C19H25N5O2/c1-14-12-23(13-15(2)24(14)10-11-25)18-9-8-17(21-22-18)19(26)20-16-6-4-3-5-7-16/h3-9,14-15,25H,10-13H2,1-2H3,(H,20,26)/t14-,15+. The Kier molecular flexibility index (Phi) is 5.80. The molecule has 0 radical (unpaired) electrons. The summed E-state index contributed by atoms with van der Waals surface area (Å²) in [6.45, 7) is 6.77. The number of aromatic nitrogens is 2. The van der Waals surface area contributed by atoms with Crippen LogP contribution < -0.4 is 10.2 Å². The molecular weight excluding hydrogens is 330 g/mol. The van der Waals surface area contributed by atoms with E-state index in [1.807, 2.05) is 36.4 Å². The van der Waals surface area contributed by atoms with E-state index in [0.717, 1.165) is 24.6 Å². The topological polar surface area (TPSA) is 81.6 Å². The predicted octanol–water partition coefficient (Wildman–Crippen LogP) is 1.62. The second-order valence-corrected chi connectivity index (χ2v) is 6.66. The second kappa shape index (κ2) is 8.25. The molecule has 26 heavy (non-hydrogen) atoms. The normalized spacial score (nSPS) is 20.8. The Morgan fingerprint density at radius 3 is 2.38 bits per heavy atom. The van der Waals surface area contributed by atoms with E-state index >= 15 is 0 Å². The summed E-state index contributed by atoms with van der Waals surface area (Å²) in [5, 5.41) is 20.4.